The van der Waals surface area contributed by atoms with E-state index in [0.717, 1.165) is 28.5 Å². The average Bonchev–Trinajstić information content (AvgIpc) is 2.63. The topological polar surface area (TPSA) is 97.5 Å². The minimum atomic E-state index is -0.597. The number of amides is 1. The highest BCUT2D eigenvalue weighted by molar-refractivity contribution is 6.30. The number of halogens is 2. The van der Waals surface area contributed by atoms with Crippen LogP contribution in [-0.2, 0) is 11.3 Å². The Kier molecular flexibility index (Phi) is 6.95. The van der Waals surface area contributed by atoms with E-state index in [1.807, 2.05) is 12.1 Å². The standard InChI is InChI=1S/C17H17ClN4O4.ClH/c18-13-3-1-2-12(8-13)15-9-19-6-7-21(15)17(24)11-20-10-14(22(25)26)4-5-16(20)23;/h1-5,8,10,15,19H,6-7,9,11H2;1H. The largest absolute Gasteiger partial charge is 0.332 e. The van der Waals surface area contributed by atoms with Crippen molar-refractivity contribution in [3.8, 4) is 0 Å². The van der Waals surface area contributed by atoms with Crippen LogP contribution in [0.25, 0.3) is 0 Å². The molecule has 1 saturated heterocycles. The van der Waals surface area contributed by atoms with Crippen LogP contribution in [0.15, 0.2) is 47.4 Å². The fourth-order valence-corrected chi connectivity index (χ4v) is 3.20. The van der Waals surface area contributed by atoms with Crippen molar-refractivity contribution >= 4 is 35.6 Å². The molecule has 1 aliphatic heterocycles. The van der Waals surface area contributed by atoms with Crippen LogP contribution in [-0.4, -0.2) is 39.9 Å². The third kappa shape index (κ3) is 4.85. The summed E-state index contributed by atoms with van der Waals surface area (Å²) in [7, 11) is 0. The number of benzene rings is 1. The molecule has 1 N–H and O–H groups in total. The third-order valence-corrected chi connectivity index (χ3v) is 4.52. The van der Waals surface area contributed by atoms with Gasteiger partial charge in [-0.2, -0.15) is 0 Å². The van der Waals surface area contributed by atoms with Gasteiger partial charge in [-0.3, -0.25) is 24.3 Å². The molecular formula is C17H18Cl2N4O4. The van der Waals surface area contributed by atoms with Gasteiger partial charge in [-0.1, -0.05) is 23.7 Å². The smallest absolute Gasteiger partial charge is 0.285 e. The summed E-state index contributed by atoms with van der Waals surface area (Å²) < 4.78 is 1.07. The van der Waals surface area contributed by atoms with Crippen LogP contribution in [0.2, 0.25) is 5.02 Å². The maximum Gasteiger partial charge on any atom is 0.285 e. The van der Waals surface area contributed by atoms with Gasteiger partial charge in [-0.05, 0) is 17.7 Å². The Morgan fingerprint density at radius 3 is 2.81 bits per heavy atom. The van der Waals surface area contributed by atoms with Gasteiger partial charge in [0.25, 0.3) is 11.2 Å². The monoisotopic (exact) mass is 412 g/mol. The summed E-state index contributed by atoms with van der Waals surface area (Å²) in [4.78, 5) is 36.7. The molecule has 1 aromatic heterocycles. The van der Waals surface area contributed by atoms with Gasteiger partial charge in [0.1, 0.15) is 6.54 Å². The Labute approximate surface area is 166 Å². The maximum absolute atomic E-state index is 12.8. The summed E-state index contributed by atoms with van der Waals surface area (Å²) >= 11 is 6.06. The van der Waals surface area contributed by atoms with Crippen LogP contribution in [0.3, 0.4) is 0 Å². The highest BCUT2D eigenvalue weighted by atomic mass is 35.5. The zero-order valence-electron chi connectivity index (χ0n) is 14.2. The van der Waals surface area contributed by atoms with Crippen LogP contribution >= 0.6 is 24.0 Å². The molecule has 3 rings (SSSR count). The van der Waals surface area contributed by atoms with E-state index >= 15 is 0 Å². The number of nitrogens with one attached hydrogen (secondary N) is 1. The molecule has 1 atom stereocenters. The second-order valence-corrected chi connectivity index (χ2v) is 6.41. The first-order valence-corrected chi connectivity index (χ1v) is 8.44. The Hall–Kier alpha value is -2.42. The number of hydrogen-bond acceptors (Lipinski definition) is 5. The van der Waals surface area contributed by atoms with Gasteiger partial charge in [0, 0.05) is 36.8 Å². The highest BCUT2D eigenvalue weighted by Gasteiger charge is 2.28. The van der Waals surface area contributed by atoms with Crippen molar-refractivity contribution in [3.63, 3.8) is 0 Å². The summed E-state index contributed by atoms with van der Waals surface area (Å²) in [5.41, 5.74) is 0.201. The summed E-state index contributed by atoms with van der Waals surface area (Å²) in [5.74, 6) is -0.279. The molecule has 1 fully saturated rings. The summed E-state index contributed by atoms with van der Waals surface area (Å²) in [6, 6.07) is 9.28. The van der Waals surface area contributed by atoms with Crippen molar-refractivity contribution in [2.75, 3.05) is 19.6 Å². The van der Waals surface area contributed by atoms with Crippen molar-refractivity contribution in [2.24, 2.45) is 0 Å². The van der Waals surface area contributed by atoms with Gasteiger partial charge in [0.05, 0.1) is 17.2 Å². The van der Waals surface area contributed by atoms with Crippen LogP contribution < -0.4 is 10.9 Å². The summed E-state index contributed by atoms with van der Waals surface area (Å²) in [6.45, 7) is 1.42. The van der Waals surface area contributed by atoms with E-state index in [1.165, 1.54) is 0 Å². The molecule has 0 spiro atoms. The summed E-state index contributed by atoms with van der Waals surface area (Å²) in [6.07, 6.45) is 1.09. The van der Waals surface area contributed by atoms with E-state index in [4.69, 9.17) is 11.6 Å². The number of carbonyl (C=O) groups excluding carboxylic acids is 1. The third-order valence-electron chi connectivity index (χ3n) is 4.28. The molecule has 144 valence electrons. The predicted molar refractivity (Wildman–Crippen MR) is 103 cm³/mol. The molecule has 1 amide bonds. The minimum Gasteiger partial charge on any atom is -0.332 e. The molecule has 2 aromatic rings. The number of hydrogen-bond donors (Lipinski definition) is 1. The number of carbonyl (C=O) groups is 1. The van der Waals surface area contributed by atoms with Crippen molar-refractivity contribution in [3.05, 3.63) is 73.6 Å². The lowest BCUT2D eigenvalue weighted by Gasteiger charge is -2.36. The molecule has 27 heavy (non-hydrogen) atoms. The average molecular weight is 413 g/mol. The maximum atomic E-state index is 12.8. The van der Waals surface area contributed by atoms with Crippen molar-refractivity contribution in [1.29, 1.82) is 0 Å². The summed E-state index contributed by atoms with van der Waals surface area (Å²) in [5, 5.41) is 14.7. The molecule has 8 nitrogen and oxygen atoms in total. The lowest BCUT2D eigenvalue weighted by atomic mass is 10.0. The molecule has 2 heterocycles. The van der Waals surface area contributed by atoms with Gasteiger partial charge in [-0.25, -0.2) is 0 Å². The lowest BCUT2D eigenvalue weighted by Crippen LogP contribution is -2.50. The Balaban J connectivity index is 0.00000261. The molecule has 0 radical (unpaired) electrons. The zero-order chi connectivity index (χ0) is 18.7. The quantitative estimate of drug-likeness (QED) is 0.611. The highest BCUT2D eigenvalue weighted by Crippen LogP contribution is 2.25. The molecule has 0 bridgehead atoms. The number of pyridine rings is 1. The van der Waals surface area contributed by atoms with E-state index in [9.17, 15) is 19.7 Å². The number of rotatable bonds is 4. The van der Waals surface area contributed by atoms with Gasteiger partial charge in [-0.15, -0.1) is 12.4 Å². The molecule has 10 heteroatoms. The fraction of sp³-hybridized carbons (Fsp3) is 0.294. The Bertz CT molecular complexity index is 902. The predicted octanol–water partition coefficient (Wildman–Crippen LogP) is 2.00. The normalized spacial score (nSPS) is 16.5. The van der Waals surface area contributed by atoms with E-state index in [1.54, 1.807) is 17.0 Å². The van der Waals surface area contributed by atoms with Gasteiger partial charge in [0.15, 0.2) is 0 Å². The van der Waals surface area contributed by atoms with Gasteiger partial charge < -0.3 is 10.2 Å². The van der Waals surface area contributed by atoms with Crippen molar-refractivity contribution in [2.45, 2.75) is 12.6 Å². The van der Waals surface area contributed by atoms with E-state index in [2.05, 4.69) is 5.32 Å². The Morgan fingerprint density at radius 1 is 1.33 bits per heavy atom. The van der Waals surface area contributed by atoms with Crippen LogP contribution in [0.5, 0.6) is 0 Å². The van der Waals surface area contributed by atoms with Gasteiger partial charge in [0.2, 0.25) is 5.91 Å². The van der Waals surface area contributed by atoms with Crippen LogP contribution in [0, 0.1) is 10.1 Å². The minimum absolute atomic E-state index is 0. The molecule has 1 aromatic carbocycles. The lowest BCUT2D eigenvalue weighted by molar-refractivity contribution is -0.385. The number of aromatic nitrogens is 1. The SMILES string of the molecule is Cl.O=C(Cn1cc([N+](=O)[O-])ccc1=O)N1CCNCC1c1cccc(Cl)c1. The van der Waals surface area contributed by atoms with Crippen molar-refractivity contribution < 1.29 is 9.72 Å². The fourth-order valence-electron chi connectivity index (χ4n) is 3.00. The molecule has 0 saturated carbocycles. The second kappa shape index (κ2) is 8.98. The van der Waals surface area contributed by atoms with Crippen LogP contribution in [0.4, 0.5) is 5.69 Å². The van der Waals surface area contributed by atoms with Crippen molar-refractivity contribution in [1.82, 2.24) is 14.8 Å². The molecule has 1 unspecified atom stereocenters. The van der Waals surface area contributed by atoms with E-state index in [-0.39, 0.29) is 36.6 Å². The molecular weight excluding hydrogens is 395 g/mol. The first kappa shape index (κ1) is 20.9. The zero-order valence-corrected chi connectivity index (χ0v) is 15.8. The van der Waals surface area contributed by atoms with Gasteiger partial charge >= 0.3 is 0 Å². The Morgan fingerprint density at radius 2 is 2.11 bits per heavy atom. The molecule has 0 aliphatic carbocycles. The number of nitro groups is 1. The van der Waals surface area contributed by atoms with Crippen LogP contribution in [0.1, 0.15) is 11.6 Å². The first-order chi connectivity index (χ1) is 12.5. The second-order valence-electron chi connectivity index (χ2n) is 5.97. The molecule has 1 aliphatic rings. The number of nitrogens with zero attached hydrogens (tertiary/aromatic N) is 3. The van der Waals surface area contributed by atoms with E-state index in [0.29, 0.717) is 24.7 Å². The number of piperazine rings is 1. The first-order valence-electron chi connectivity index (χ1n) is 8.06. The van der Waals surface area contributed by atoms with E-state index < -0.39 is 10.5 Å².